The topological polar surface area (TPSA) is 15.8 Å². The average Bonchev–Trinajstić information content (AvgIpc) is 2.65. The first kappa shape index (κ1) is 14.8. The number of fused-ring (bicyclic) bond motifs is 1. The van der Waals surface area contributed by atoms with Crippen LogP contribution in [0.25, 0.3) is 12.2 Å². The number of hydrogen-bond donors (Lipinski definition) is 1. The molecule has 0 saturated carbocycles. The predicted molar refractivity (Wildman–Crippen MR) is 78.9 cm³/mol. The molecule has 1 aromatic rings. The van der Waals surface area contributed by atoms with E-state index in [0.717, 1.165) is 0 Å². The van der Waals surface area contributed by atoms with Crippen LogP contribution in [0.4, 0.5) is 0 Å². The monoisotopic (exact) mass is 319 g/mol. The Kier molecular flexibility index (Phi) is 8.86. The third-order valence-corrected chi connectivity index (χ3v) is 2.02. The fraction of sp³-hybridized carbons (Fsp3) is 0.538. The van der Waals surface area contributed by atoms with Gasteiger partial charge in [-0.15, -0.1) is 0 Å². The Hall–Kier alpha value is -0.250. The van der Waals surface area contributed by atoms with Gasteiger partial charge in [0.15, 0.2) is 0 Å². The van der Waals surface area contributed by atoms with E-state index in [2.05, 4.69) is 59.8 Å². The minimum atomic E-state index is 1.19. The summed E-state index contributed by atoms with van der Waals surface area (Å²) in [5.41, 5.74) is 1.37. The molecule has 0 aromatic carbocycles. The lowest BCUT2D eigenvalue weighted by Crippen LogP contribution is -2.25. The van der Waals surface area contributed by atoms with Gasteiger partial charge < -0.3 is 4.98 Å². The van der Waals surface area contributed by atoms with E-state index in [1.165, 1.54) is 33.4 Å². The maximum Gasteiger partial charge on any atom is 0.0413 e. The van der Waals surface area contributed by atoms with Gasteiger partial charge in [0, 0.05) is 11.5 Å². The number of alkyl halides is 1. The molecule has 86 valence electrons. The van der Waals surface area contributed by atoms with Gasteiger partial charge in [0.2, 0.25) is 0 Å². The van der Waals surface area contributed by atoms with Crippen molar-refractivity contribution in [1.82, 2.24) is 4.98 Å². The smallest absolute Gasteiger partial charge is 0.0413 e. The number of aromatic amines is 1. The van der Waals surface area contributed by atoms with Crippen molar-refractivity contribution in [2.45, 2.75) is 40.5 Å². The van der Waals surface area contributed by atoms with Crippen molar-refractivity contribution in [1.29, 1.82) is 0 Å². The molecule has 0 atom stereocenters. The maximum absolute atomic E-state index is 3.24. The van der Waals surface area contributed by atoms with Crippen LogP contribution in [0.5, 0.6) is 0 Å². The van der Waals surface area contributed by atoms with Crippen LogP contribution in [-0.2, 0) is 0 Å². The molecule has 0 spiro atoms. The van der Waals surface area contributed by atoms with Crippen molar-refractivity contribution in [3.05, 3.63) is 22.3 Å². The van der Waals surface area contributed by atoms with Crippen molar-refractivity contribution in [2.75, 3.05) is 4.43 Å². The van der Waals surface area contributed by atoms with E-state index in [0.29, 0.717) is 0 Å². The number of aryl methyl sites for hydroxylation is 1. The SMILES string of the molecule is CC.CCI.Cc1c[nH]c2c1=CCCC=2. The van der Waals surface area contributed by atoms with Gasteiger partial charge in [-0.2, -0.15) is 0 Å². The molecule has 0 unspecified atom stereocenters. The van der Waals surface area contributed by atoms with Crippen LogP contribution in [0.3, 0.4) is 0 Å². The highest BCUT2D eigenvalue weighted by Gasteiger charge is 1.95. The highest BCUT2D eigenvalue weighted by molar-refractivity contribution is 14.1. The Morgan fingerprint density at radius 3 is 2.33 bits per heavy atom. The predicted octanol–water partition coefficient (Wildman–Crippen LogP) is 3.15. The van der Waals surface area contributed by atoms with Crippen molar-refractivity contribution in [2.24, 2.45) is 0 Å². The number of nitrogens with one attached hydrogen (secondary N) is 1. The van der Waals surface area contributed by atoms with Gasteiger partial charge in [0.1, 0.15) is 0 Å². The van der Waals surface area contributed by atoms with Crippen molar-refractivity contribution >= 4 is 34.7 Å². The molecule has 1 aromatic heterocycles. The summed E-state index contributed by atoms with van der Waals surface area (Å²) in [6.45, 7) is 8.26. The van der Waals surface area contributed by atoms with Crippen LogP contribution < -0.4 is 10.6 Å². The van der Waals surface area contributed by atoms with Crippen LogP contribution in [-0.4, -0.2) is 9.41 Å². The van der Waals surface area contributed by atoms with Crippen LogP contribution in [0.2, 0.25) is 0 Å². The molecular formula is C13H22IN. The molecule has 0 bridgehead atoms. The first-order chi connectivity index (χ1) is 7.29. The number of rotatable bonds is 0. The second-order valence-electron chi connectivity index (χ2n) is 3.05. The van der Waals surface area contributed by atoms with Gasteiger partial charge in [-0.3, -0.25) is 0 Å². The molecule has 15 heavy (non-hydrogen) atoms. The third kappa shape index (κ3) is 4.87. The van der Waals surface area contributed by atoms with E-state index < -0.39 is 0 Å². The highest BCUT2D eigenvalue weighted by atomic mass is 127. The molecule has 0 aliphatic heterocycles. The quantitative estimate of drug-likeness (QED) is 0.558. The van der Waals surface area contributed by atoms with E-state index in [1.807, 2.05) is 13.8 Å². The zero-order chi connectivity index (χ0) is 11.7. The summed E-state index contributed by atoms with van der Waals surface area (Å²) < 4.78 is 1.22. The van der Waals surface area contributed by atoms with Crippen molar-refractivity contribution < 1.29 is 0 Å². The Balaban J connectivity index is 0.000000342. The van der Waals surface area contributed by atoms with Gasteiger partial charge in [-0.05, 0) is 35.0 Å². The Labute approximate surface area is 107 Å². The second-order valence-corrected chi connectivity index (χ2v) is 4.58. The minimum Gasteiger partial charge on any atom is -0.361 e. The normalized spacial score (nSPS) is 11.8. The Morgan fingerprint density at radius 2 is 1.80 bits per heavy atom. The fourth-order valence-electron chi connectivity index (χ4n) is 1.45. The molecule has 1 nitrogen and oxygen atoms in total. The third-order valence-electron chi connectivity index (χ3n) is 2.02. The zero-order valence-corrected chi connectivity index (χ0v) is 12.4. The Bertz CT molecular complexity index is 362. The number of aromatic nitrogens is 1. The fourth-order valence-corrected chi connectivity index (χ4v) is 1.45. The molecule has 1 N–H and O–H groups in total. The van der Waals surface area contributed by atoms with Gasteiger partial charge in [0.25, 0.3) is 0 Å². The van der Waals surface area contributed by atoms with E-state index in [-0.39, 0.29) is 0 Å². The summed E-state index contributed by atoms with van der Waals surface area (Å²) in [5, 5.41) is 2.72. The molecular weight excluding hydrogens is 297 g/mol. The van der Waals surface area contributed by atoms with E-state index in [9.17, 15) is 0 Å². The standard InChI is InChI=1S/C9H11N.C2H5I.C2H6/c1-7-6-10-9-5-3-2-4-8(7)9;1-2-3;1-2/h4-6,10H,2-3H2,1H3;2H2,1H3;1-2H3. The molecule has 0 fully saturated rings. The number of halogens is 1. The summed E-state index contributed by atoms with van der Waals surface area (Å²) >= 11 is 2.29. The zero-order valence-electron chi connectivity index (χ0n) is 10.2. The number of H-pyrrole nitrogens is 1. The minimum absolute atomic E-state index is 1.19. The molecule has 1 aliphatic rings. The van der Waals surface area contributed by atoms with Crippen LogP contribution >= 0.6 is 22.6 Å². The lowest BCUT2D eigenvalue weighted by atomic mass is 10.1. The van der Waals surface area contributed by atoms with Gasteiger partial charge in [0.05, 0.1) is 0 Å². The van der Waals surface area contributed by atoms with Gasteiger partial charge in [-0.1, -0.05) is 55.5 Å². The summed E-state index contributed by atoms with van der Waals surface area (Å²) in [4.78, 5) is 3.24. The van der Waals surface area contributed by atoms with Crippen LogP contribution in [0.15, 0.2) is 6.20 Å². The van der Waals surface area contributed by atoms with Crippen molar-refractivity contribution in [3.63, 3.8) is 0 Å². The first-order valence-corrected chi connectivity index (χ1v) is 7.22. The summed E-state index contributed by atoms with van der Waals surface area (Å²) in [6.07, 6.45) is 9.03. The Morgan fingerprint density at radius 1 is 1.27 bits per heavy atom. The largest absolute Gasteiger partial charge is 0.361 e. The molecule has 0 saturated heterocycles. The lowest BCUT2D eigenvalue weighted by Gasteiger charge is -1.93. The molecule has 2 rings (SSSR count). The average molecular weight is 319 g/mol. The van der Waals surface area contributed by atoms with Gasteiger partial charge in [-0.25, -0.2) is 0 Å². The molecule has 1 aliphatic carbocycles. The number of hydrogen-bond acceptors (Lipinski definition) is 0. The van der Waals surface area contributed by atoms with Crippen LogP contribution in [0, 0.1) is 6.92 Å². The van der Waals surface area contributed by atoms with Crippen LogP contribution in [0.1, 0.15) is 39.2 Å². The molecule has 0 radical (unpaired) electrons. The second kappa shape index (κ2) is 9.01. The van der Waals surface area contributed by atoms with E-state index >= 15 is 0 Å². The highest BCUT2D eigenvalue weighted by Crippen LogP contribution is 1.95. The first-order valence-electron chi connectivity index (χ1n) is 5.70. The van der Waals surface area contributed by atoms with Gasteiger partial charge >= 0.3 is 0 Å². The molecule has 2 heteroatoms. The summed E-state index contributed by atoms with van der Waals surface area (Å²) in [7, 11) is 0. The van der Waals surface area contributed by atoms with E-state index in [1.54, 1.807) is 0 Å². The van der Waals surface area contributed by atoms with E-state index in [4.69, 9.17) is 0 Å². The maximum atomic E-state index is 3.24. The summed E-state index contributed by atoms with van der Waals surface area (Å²) in [5.74, 6) is 0. The van der Waals surface area contributed by atoms with Crippen molar-refractivity contribution in [3.8, 4) is 0 Å². The lowest BCUT2D eigenvalue weighted by molar-refractivity contribution is 1.10. The summed E-state index contributed by atoms with van der Waals surface area (Å²) in [6, 6.07) is 0. The molecule has 0 amide bonds. The molecule has 1 heterocycles.